The molecule has 0 aromatic rings. The van der Waals surface area contributed by atoms with Gasteiger partial charge in [0.25, 0.3) is 0 Å². The van der Waals surface area contributed by atoms with Gasteiger partial charge in [-0.2, -0.15) is 0 Å². The largest absolute Gasteiger partial charge is 0.324 e. The Morgan fingerprint density at radius 2 is 1.54 bits per heavy atom. The lowest BCUT2D eigenvalue weighted by atomic mass is 10.2. The van der Waals surface area contributed by atoms with Crippen molar-refractivity contribution in [3.63, 3.8) is 0 Å². The van der Waals surface area contributed by atoms with E-state index in [1.807, 2.05) is 0 Å². The van der Waals surface area contributed by atoms with Crippen LogP contribution in [0, 0.1) is 0 Å². The van der Waals surface area contributed by atoms with E-state index in [9.17, 15) is 4.79 Å². The molecule has 0 aliphatic heterocycles. The number of hydrogen-bond acceptors (Lipinski definition) is 1. The molecular weight excluding hydrogens is 162 g/mol. The molecule has 0 saturated heterocycles. The highest BCUT2D eigenvalue weighted by Crippen LogP contribution is 2.08. The molecule has 0 amide bonds. The highest BCUT2D eigenvalue weighted by molar-refractivity contribution is 5.75. The zero-order valence-corrected chi connectivity index (χ0v) is 9.60. The Hall–Kier alpha value is -0.370. The van der Waals surface area contributed by atoms with Crippen LogP contribution in [0.5, 0.6) is 0 Å². The average molecular weight is 186 g/mol. The average Bonchev–Trinajstić information content (AvgIpc) is 2.13. The van der Waals surface area contributed by atoms with E-state index in [1.54, 1.807) is 6.92 Å². The van der Waals surface area contributed by atoms with Crippen LogP contribution in [-0.2, 0) is 4.79 Å². The van der Waals surface area contributed by atoms with Gasteiger partial charge in [-0.15, -0.1) is 0 Å². The summed E-state index contributed by atoms with van der Waals surface area (Å²) in [5.41, 5.74) is 0. The standard InChI is InChI=1S/C11H24NO/c1-5-12(6-2,7-3)10-8-9-11(4)13/h5-10H2,1-4H3/q+1. The van der Waals surface area contributed by atoms with E-state index in [2.05, 4.69) is 20.8 Å². The van der Waals surface area contributed by atoms with Crippen molar-refractivity contribution in [2.24, 2.45) is 0 Å². The number of rotatable bonds is 7. The molecule has 0 bridgehead atoms. The molecule has 0 aliphatic carbocycles. The van der Waals surface area contributed by atoms with Crippen LogP contribution in [0.3, 0.4) is 0 Å². The second-order valence-electron chi connectivity index (χ2n) is 3.82. The van der Waals surface area contributed by atoms with Crippen molar-refractivity contribution in [2.75, 3.05) is 26.2 Å². The van der Waals surface area contributed by atoms with E-state index in [0.717, 1.165) is 23.9 Å². The molecule has 0 aromatic heterocycles. The first-order valence-corrected chi connectivity index (χ1v) is 5.44. The fourth-order valence-corrected chi connectivity index (χ4v) is 1.81. The van der Waals surface area contributed by atoms with Gasteiger partial charge in [-0.05, 0) is 27.7 Å². The van der Waals surface area contributed by atoms with Crippen molar-refractivity contribution >= 4 is 5.78 Å². The maximum atomic E-state index is 10.8. The maximum absolute atomic E-state index is 10.8. The minimum Gasteiger partial charge on any atom is -0.324 e. The molecule has 0 N–H and O–H groups in total. The Kier molecular flexibility index (Phi) is 5.97. The van der Waals surface area contributed by atoms with Gasteiger partial charge in [0.2, 0.25) is 0 Å². The second-order valence-corrected chi connectivity index (χ2v) is 3.82. The van der Waals surface area contributed by atoms with Crippen molar-refractivity contribution in [3.8, 4) is 0 Å². The normalized spacial score (nSPS) is 11.7. The molecule has 0 fully saturated rings. The molecule has 0 rings (SSSR count). The highest BCUT2D eigenvalue weighted by atomic mass is 16.1. The Morgan fingerprint density at radius 3 is 1.85 bits per heavy atom. The van der Waals surface area contributed by atoms with Crippen LogP contribution in [0.4, 0.5) is 0 Å². The lowest BCUT2D eigenvalue weighted by molar-refractivity contribution is -0.923. The zero-order chi connectivity index (χ0) is 10.3. The fraction of sp³-hybridized carbons (Fsp3) is 0.909. The molecular formula is C11H24NO+. The Bertz CT molecular complexity index is 142. The van der Waals surface area contributed by atoms with Gasteiger partial charge in [0.15, 0.2) is 0 Å². The van der Waals surface area contributed by atoms with Crippen molar-refractivity contribution in [3.05, 3.63) is 0 Å². The van der Waals surface area contributed by atoms with E-state index < -0.39 is 0 Å². The summed E-state index contributed by atoms with van der Waals surface area (Å²) in [6.45, 7) is 13.1. The van der Waals surface area contributed by atoms with Crippen LogP contribution in [-0.4, -0.2) is 36.4 Å². The summed E-state index contributed by atoms with van der Waals surface area (Å²) in [6, 6.07) is 0. The topological polar surface area (TPSA) is 17.1 Å². The summed E-state index contributed by atoms with van der Waals surface area (Å²) in [7, 11) is 0. The minimum absolute atomic E-state index is 0.321. The molecule has 78 valence electrons. The summed E-state index contributed by atoms with van der Waals surface area (Å²) in [4.78, 5) is 10.8. The van der Waals surface area contributed by atoms with Crippen LogP contribution in [0.2, 0.25) is 0 Å². The number of nitrogens with zero attached hydrogens (tertiary/aromatic N) is 1. The van der Waals surface area contributed by atoms with Crippen molar-refractivity contribution in [2.45, 2.75) is 40.5 Å². The maximum Gasteiger partial charge on any atom is 0.130 e. The second kappa shape index (κ2) is 6.14. The van der Waals surface area contributed by atoms with E-state index in [0.29, 0.717) is 5.78 Å². The van der Waals surface area contributed by atoms with Gasteiger partial charge in [0.05, 0.1) is 26.2 Å². The number of hydrogen-bond donors (Lipinski definition) is 0. The number of carbonyl (C=O) groups is 1. The number of ketones is 1. The Morgan fingerprint density at radius 1 is 1.08 bits per heavy atom. The lowest BCUT2D eigenvalue weighted by Gasteiger charge is -2.35. The molecule has 0 spiro atoms. The fourth-order valence-electron chi connectivity index (χ4n) is 1.81. The summed E-state index contributed by atoms with van der Waals surface area (Å²) in [5.74, 6) is 0.321. The Balaban J connectivity index is 3.88. The van der Waals surface area contributed by atoms with Crippen molar-refractivity contribution in [1.29, 1.82) is 0 Å². The van der Waals surface area contributed by atoms with E-state index in [1.165, 1.54) is 19.6 Å². The predicted octanol–water partition coefficient (Wildman–Crippen LogP) is 2.23. The van der Waals surface area contributed by atoms with Gasteiger partial charge < -0.3 is 9.28 Å². The van der Waals surface area contributed by atoms with E-state index in [4.69, 9.17) is 0 Å². The quantitative estimate of drug-likeness (QED) is 0.557. The smallest absolute Gasteiger partial charge is 0.130 e. The molecule has 13 heavy (non-hydrogen) atoms. The number of quaternary nitrogens is 1. The third-order valence-electron chi connectivity index (χ3n) is 3.17. The van der Waals surface area contributed by atoms with Gasteiger partial charge in [0, 0.05) is 12.8 Å². The first kappa shape index (κ1) is 12.6. The van der Waals surface area contributed by atoms with Gasteiger partial charge in [-0.25, -0.2) is 0 Å². The lowest BCUT2D eigenvalue weighted by Crippen LogP contribution is -2.48. The number of carbonyl (C=O) groups excluding carboxylic acids is 1. The van der Waals surface area contributed by atoms with Crippen LogP contribution in [0.25, 0.3) is 0 Å². The monoisotopic (exact) mass is 186 g/mol. The number of Topliss-reactive ketones (excluding diaryl/α,β-unsaturated/α-hetero) is 1. The van der Waals surface area contributed by atoms with Crippen LogP contribution >= 0.6 is 0 Å². The predicted molar refractivity (Wildman–Crippen MR) is 56.7 cm³/mol. The third-order valence-corrected chi connectivity index (χ3v) is 3.17. The summed E-state index contributed by atoms with van der Waals surface area (Å²) >= 11 is 0. The molecule has 0 atom stereocenters. The molecule has 2 nitrogen and oxygen atoms in total. The molecule has 0 saturated carbocycles. The third kappa shape index (κ3) is 4.41. The van der Waals surface area contributed by atoms with E-state index >= 15 is 0 Å². The molecule has 0 heterocycles. The SMILES string of the molecule is CC[N+](CC)(CC)CCCC(C)=O. The first-order chi connectivity index (χ1) is 6.10. The van der Waals surface area contributed by atoms with Crippen LogP contribution < -0.4 is 0 Å². The van der Waals surface area contributed by atoms with Crippen LogP contribution in [0.15, 0.2) is 0 Å². The Labute approximate surface area is 82.5 Å². The zero-order valence-electron chi connectivity index (χ0n) is 9.60. The van der Waals surface area contributed by atoms with Gasteiger partial charge in [-0.1, -0.05) is 0 Å². The molecule has 2 heteroatoms. The van der Waals surface area contributed by atoms with Gasteiger partial charge in [0.1, 0.15) is 5.78 Å². The van der Waals surface area contributed by atoms with Gasteiger partial charge in [-0.3, -0.25) is 0 Å². The summed E-state index contributed by atoms with van der Waals surface area (Å²) < 4.78 is 1.16. The van der Waals surface area contributed by atoms with Crippen LogP contribution in [0.1, 0.15) is 40.5 Å². The van der Waals surface area contributed by atoms with Crippen molar-refractivity contribution in [1.82, 2.24) is 0 Å². The highest BCUT2D eigenvalue weighted by Gasteiger charge is 2.19. The first-order valence-electron chi connectivity index (χ1n) is 5.44. The van der Waals surface area contributed by atoms with Gasteiger partial charge >= 0.3 is 0 Å². The molecule has 0 aliphatic rings. The van der Waals surface area contributed by atoms with Crippen molar-refractivity contribution < 1.29 is 9.28 Å². The molecule has 0 radical (unpaired) electrons. The van der Waals surface area contributed by atoms with E-state index in [-0.39, 0.29) is 0 Å². The molecule has 0 unspecified atom stereocenters. The minimum atomic E-state index is 0.321. The summed E-state index contributed by atoms with van der Waals surface area (Å²) in [6.07, 6.45) is 1.80. The summed E-state index contributed by atoms with van der Waals surface area (Å²) in [5, 5.41) is 0. The molecule has 0 aromatic carbocycles.